The van der Waals surface area contributed by atoms with Gasteiger partial charge in [-0.25, -0.2) is 9.38 Å². The van der Waals surface area contributed by atoms with Crippen LogP contribution in [-0.2, 0) is 19.6 Å². The molecular weight excluding hydrogens is 376 g/mol. The van der Waals surface area contributed by atoms with Gasteiger partial charge in [0.1, 0.15) is 11.6 Å². The predicted octanol–water partition coefficient (Wildman–Crippen LogP) is 3.39. The first-order valence-corrected chi connectivity index (χ1v) is 8.43. The number of hydrogen-bond donors (Lipinski definition) is 2. The van der Waals surface area contributed by atoms with Gasteiger partial charge in [-0.2, -0.15) is 0 Å². The van der Waals surface area contributed by atoms with E-state index >= 15 is 0 Å². The van der Waals surface area contributed by atoms with E-state index in [0.717, 1.165) is 5.56 Å². The lowest BCUT2D eigenvalue weighted by Crippen LogP contribution is -2.31. The highest BCUT2D eigenvalue weighted by Crippen LogP contribution is 2.22. The largest absolute Gasteiger partial charge is 0.573 e. The van der Waals surface area contributed by atoms with Crippen LogP contribution in [0.1, 0.15) is 16.7 Å². The van der Waals surface area contributed by atoms with Crippen molar-refractivity contribution in [3.05, 3.63) is 65.0 Å². The van der Waals surface area contributed by atoms with Crippen molar-refractivity contribution in [2.75, 3.05) is 14.1 Å². The van der Waals surface area contributed by atoms with Gasteiger partial charge in [-0.05, 0) is 49.5 Å². The second-order valence-electron chi connectivity index (χ2n) is 6.41. The third-order valence-corrected chi connectivity index (χ3v) is 3.66. The Hall–Kier alpha value is -2.81. The van der Waals surface area contributed by atoms with Crippen LogP contribution in [0.2, 0.25) is 0 Å². The molecule has 152 valence electrons. The first-order valence-electron chi connectivity index (χ1n) is 8.43. The molecule has 2 aromatic rings. The zero-order valence-electron chi connectivity index (χ0n) is 15.6. The number of nitrogens with one attached hydrogen (secondary N) is 1. The fourth-order valence-corrected chi connectivity index (χ4v) is 2.42. The number of nitrogens with two attached hydrogens (primary N) is 1. The summed E-state index contributed by atoms with van der Waals surface area (Å²) >= 11 is 0. The summed E-state index contributed by atoms with van der Waals surface area (Å²) in [6.07, 6.45) is -4.72. The molecule has 0 saturated carbocycles. The summed E-state index contributed by atoms with van der Waals surface area (Å²) in [5.41, 5.74) is 7.92. The highest BCUT2D eigenvalue weighted by Gasteiger charge is 2.30. The summed E-state index contributed by atoms with van der Waals surface area (Å²) in [6, 6.07) is 10.2. The molecule has 5 nitrogen and oxygen atoms in total. The van der Waals surface area contributed by atoms with E-state index in [1.807, 2.05) is 19.0 Å². The van der Waals surface area contributed by atoms with E-state index in [2.05, 4.69) is 15.0 Å². The number of hydrogen-bond acceptors (Lipinski definition) is 3. The zero-order chi connectivity index (χ0) is 20.7. The number of benzene rings is 2. The second kappa shape index (κ2) is 9.41. The molecule has 0 amide bonds. The average molecular weight is 398 g/mol. The fraction of sp³-hybridized carbons (Fsp3) is 0.316. The Morgan fingerprint density at radius 1 is 1.11 bits per heavy atom. The van der Waals surface area contributed by atoms with Gasteiger partial charge in [0.05, 0.1) is 6.54 Å². The van der Waals surface area contributed by atoms with Gasteiger partial charge in [-0.1, -0.05) is 18.2 Å². The molecule has 0 aliphatic rings. The smallest absolute Gasteiger partial charge is 0.406 e. The van der Waals surface area contributed by atoms with Gasteiger partial charge in [0.2, 0.25) is 0 Å². The molecule has 0 aliphatic heterocycles. The molecule has 0 aromatic heterocycles. The van der Waals surface area contributed by atoms with Crippen molar-refractivity contribution in [1.82, 2.24) is 10.2 Å². The Bertz CT molecular complexity index is 805. The van der Waals surface area contributed by atoms with Crippen LogP contribution in [0.3, 0.4) is 0 Å². The van der Waals surface area contributed by atoms with Gasteiger partial charge < -0.3 is 20.7 Å². The van der Waals surface area contributed by atoms with Crippen molar-refractivity contribution in [3.8, 4) is 5.75 Å². The van der Waals surface area contributed by atoms with Crippen molar-refractivity contribution >= 4 is 5.96 Å². The molecule has 9 heteroatoms. The summed E-state index contributed by atoms with van der Waals surface area (Å²) < 4.78 is 54.0. The molecule has 0 saturated heterocycles. The minimum atomic E-state index is -4.72. The molecule has 0 spiro atoms. The molecule has 0 heterocycles. The van der Waals surface area contributed by atoms with Crippen molar-refractivity contribution < 1.29 is 22.3 Å². The van der Waals surface area contributed by atoms with Crippen molar-refractivity contribution in [3.63, 3.8) is 0 Å². The Balaban J connectivity index is 1.89. The van der Waals surface area contributed by atoms with Gasteiger partial charge in [-0.3, -0.25) is 0 Å². The molecule has 28 heavy (non-hydrogen) atoms. The van der Waals surface area contributed by atoms with Crippen LogP contribution < -0.4 is 15.8 Å². The maximum atomic E-state index is 13.8. The molecular formula is C19H22F4N4O. The maximum Gasteiger partial charge on any atom is 0.573 e. The standard InChI is InChI=1S/C19H22F4N4O/c1-27(2)12-15-9-14(5-8-17(15)20)11-26-18(24)25-10-13-3-6-16(7-4-13)28-19(21,22)23/h3-9H,10-12H2,1-2H3,(H3,24,25,26). The van der Waals surface area contributed by atoms with E-state index in [9.17, 15) is 17.6 Å². The molecule has 2 rings (SSSR count). The number of nitrogens with zero attached hydrogens (tertiary/aromatic N) is 2. The first-order chi connectivity index (χ1) is 13.1. The predicted molar refractivity (Wildman–Crippen MR) is 99.1 cm³/mol. The Morgan fingerprint density at radius 2 is 1.75 bits per heavy atom. The SMILES string of the molecule is CN(C)Cc1cc(CN=C(N)NCc2ccc(OC(F)(F)F)cc2)ccc1F. The van der Waals surface area contributed by atoms with Crippen LogP contribution in [0.15, 0.2) is 47.5 Å². The number of rotatable bonds is 7. The van der Waals surface area contributed by atoms with Crippen LogP contribution in [0.4, 0.5) is 17.6 Å². The van der Waals surface area contributed by atoms with Gasteiger partial charge in [0.15, 0.2) is 5.96 Å². The monoisotopic (exact) mass is 398 g/mol. The van der Waals surface area contributed by atoms with Crippen LogP contribution in [0.5, 0.6) is 5.75 Å². The molecule has 0 atom stereocenters. The van der Waals surface area contributed by atoms with Gasteiger partial charge in [0, 0.05) is 18.7 Å². The number of alkyl halides is 3. The molecule has 0 bridgehead atoms. The van der Waals surface area contributed by atoms with Crippen molar-refractivity contribution in [2.24, 2.45) is 10.7 Å². The van der Waals surface area contributed by atoms with E-state index in [-0.39, 0.29) is 30.6 Å². The third-order valence-electron chi connectivity index (χ3n) is 3.66. The lowest BCUT2D eigenvalue weighted by atomic mass is 10.1. The lowest BCUT2D eigenvalue weighted by Gasteiger charge is -2.12. The van der Waals surface area contributed by atoms with Crippen LogP contribution in [-0.4, -0.2) is 31.3 Å². The molecule has 0 radical (unpaired) electrons. The number of guanidine groups is 1. The minimum absolute atomic E-state index is 0.175. The topological polar surface area (TPSA) is 62.9 Å². The van der Waals surface area contributed by atoms with Crippen LogP contribution in [0, 0.1) is 5.82 Å². The second-order valence-corrected chi connectivity index (χ2v) is 6.41. The van der Waals surface area contributed by atoms with E-state index in [4.69, 9.17) is 5.73 Å². The van der Waals surface area contributed by atoms with Crippen LogP contribution in [0.25, 0.3) is 0 Å². The molecule has 0 aliphatic carbocycles. The van der Waals surface area contributed by atoms with E-state index in [1.165, 1.54) is 30.3 Å². The summed E-state index contributed by atoms with van der Waals surface area (Å²) in [5.74, 6) is -0.387. The lowest BCUT2D eigenvalue weighted by molar-refractivity contribution is -0.274. The number of ether oxygens (including phenoxy) is 1. The summed E-state index contributed by atoms with van der Waals surface area (Å²) in [6.45, 7) is 1.04. The first kappa shape index (κ1) is 21.5. The minimum Gasteiger partial charge on any atom is -0.406 e. The van der Waals surface area contributed by atoms with Crippen molar-refractivity contribution in [1.29, 1.82) is 0 Å². The van der Waals surface area contributed by atoms with E-state index in [0.29, 0.717) is 17.7 Å². The normalized spacial score (nSPS) is 12.3. The summed E-state index contributed by atoms with van der Waals surface area (Å²) in [4.78, 5) is 6.07. The number of halogens is 4. The number of aliphatic imine (C=N–C) groups is 1. The van der Waals surface area contributed by atoms with E-state index in [1.54, 1.807) is 12.1 Å². The Labute approximate surface area is 160 Å². The van der Waals surface area contributed by atoms with Crippen molar-refractivity contribution in [2.45, 2.75) is 26.0 Å². The summed E-state index contributed by atoms with van der Waals surface area (Å²) in [7, 11) is 3.71. The van der Waals surface area contributed by atoms with Gasteiger partial charge in [0.25, 0.3) is 0 Å². The fourth-order valence-electron chi connectivity index (χ4n) is 2.42. The third kappa shape index (κ3) is 7.43. The highest BCUT2D eigenvalue weighted by atomic mass is 19.4. The maximum absolute atomic E-state index is 13.8. The average Bonchev–Trinajstić information content (AvgIpc) is 2.60. The molecule has 3 N–H and O–H groups in total. The van der Waals surface area contributed by atoms with Gasteiger partial charge >= 0.3 is 6.36 Å². The van der Waals surface area contributed by atoms with E-state index < -0.39 is 6.36 Å². The van der Waals surface area contributed by atoms with Gasteiger partial charge in [-0.15, -0.1) is 13.2 Å². The molecule has 2 aromatic carbocycles. The molecule has 0 fully saturated rings. The zero-order valence-corrected chi connectivity index (χ0v) is 15.6. The Morgan fingerprint density at radius 3 is 2.36 bits per heavy atom. The molecule has 0 unspecified atom stereocenters. The van der Waals surface area contributed by atoms with Crippen LogP contribution >= 0.6 is 0 Å². The Kier molecular flexibility index (Phi) is 7.22. The highest BCUT2D eigenvalue weighted by molar-refractivity contribution is 5.77. The summed E-state index contributed by atoms with van der Waals surface area (Å²) in [5, 5.41) is 2.88. The quantitative estimate of drug-likeness (QED) is 0.426.